The Balaban J connectivity index is 1.73. The summed E-state index contributed by atoms with van der Waals surface area (Å²) in [5, 5.41) is 4.23. The molecule has 1 aromatic heterocycles. The van der Waals surface area contributed by atoms with Crippen molar-refractivity contribution in [3.8, 4) is 0 Å². The molecular weight excluding hydrogens is 338 g/mol. The van der Waals surface area contributed by atoms with Gasteiger partial charge in [0.2, 0.25) is 0 Å². The first-order valence-corrected chi connectivity index (χ1v) is 9.23. The van der Waals surface area contributed by atoms with Gasteiger partial charge >= 0.3 is 0 Å². The molecule has 2 heterocycles. The standard InChI is InChI=1S/C22H23N3O2/c1-15-7-8-17(13-16(15)2)23-21-14-19(18-5-3-4-6-20(18)24-21)22(26)25-9-11-27-12-10-25/h3-8,13-14H,9-12H2,1-2H3,(H,23,24). The Morgan fingerprint density at radius 2 is 1.81 bits per heavy atom. The number of morpholine rings is 1. The van der Waals surface area contributed by atoms with Crippen molar-refractivity contribution in [3.63, 3.8) is 0 Å². The average molecular weight is 361 g/mol. The molecule has 1 aliphatic heterocycles. The second kappa shape index (κ2) is 7.37. The number of pyridine rings is 1. The lowest BCUT2D eigenvalue weighted by atomic mass is 10.1. The summed E-state index contributed by atoms with van der Waals surface area (Å²) >= 11 is 0. The van der Waals surface area contributed by atoms with Crippen molar-refractivity contribution in [2.45, 2.75) is 13.8 Å². The topological polar surface area (TPSA) is 54.5 Å². The van der Waals surface area contributed by atoms with Crippen LogP contribution in [0.2, 0.25) is 0 Å². The number of para-hydroxylation sites is 1. The quantitative estimate of drug-likeness (QED) is 0.764. The molecule has 0 spiro atoms. The summed E-state index contributed by atoms with van der Waals surface area (Å²) < 4.78 is 5.38. The van der Waals surface area contributed by atoms with Gasteiger partial charge in [0, 0.05) is 24.2 Å². The third kappa shape index (κ3) is 3.64. The molecular formula is C22H23N3O2. The van der Waals surface area contributed by atoms with Crippen molar-refractivity contribution in [1.82, 2.24) is 9.88 Å². The Kier molecular flexibility index (Phi) is 4.77. The average Bonchev–Trinajstić information content (AvgIpc) is 2.70. The molecule has 5 heteroatoms. The van der Waals surface area contributed by atoms with E-state index in [0.29, 0.717) is 37.7 Å². The molecule has 5 nitrogen and oxygen atoms in total. The highest BCUT2D eigenvalue weighted by molar-refractivity contribution is 6.07. The first-order valence-electron chi connectivity index (χ1n) is 9.23. The smallest absolute Gasteiger partial charge is 0.254 e. The maximum absolute atomic E-state index is 13.1. The number of nitrogens with one attached hydrogen (secondary N) is 1. The van der Waals surface area contributed by atoms with Gasteiger partial charge in [-0.3, -0.25) is 4.79 Å². The molecule has 27 heavy (non-hydrogen) atoms. The molecule has 1 fully saturated rings. The van der Waals surface area contributed by atoms with Gasteiger partial charge < -0.3 is 15.0 Å². The minimum Gasteiger partial charge on any atom is -0.378 e. The van der Waals surface area contributed by atoms with Crippen molar-refractivity contribution in [1.29, 1.82) is 0 Å². The van der Waals surface area contributed by atoms with E-state index >= 15 is 0 Å². The van der Waals surface area contributed by atoms with Crippen LogP contribution in [0.25, 0.3) is 10.9 Å². The number of amides is 1. The zero-order chi connectivity index (χ0) is 18.8. The molecule has 1 amide bonds. The Morgan fingerprint density at radius 3 is 2.59 bits per heavy atom. The number of hydrogen-bond donors (Lipinski definition) is 1. The molecule has 4 rings (SSSR count). The Hall–Kier alpha value is -2.92. The number of carbonyl (C=O) groups is 1. The largest absolute Gasteiger partial charge is 0.378 e. The van der Waals surface area contributed by atoms with Gasteiger partial charge in [-0.15, -0.1) is 0 Å². The van der Waals surface area contributed by atoms with Crippen LogP contribution in [0.15, 0.2) is 48.5 Å². The van der Waals surface area contributed by atoms with Crippen LogP contribution in [0, 0.1) is 13.8 Å². The molecule has 0 saturated carbocycles. The van der Waals surface area contributed by atoms with E-state index in [2.05, 4.69) is 31.3 Å². The monoisotopic (exact) mass is 361 g/mol. The third-order valence-corrected chi connectivity index (χ3v) is 5.02. The van der Waals surface area contributed by atoms with Crippen LogP contribution < -0.4 is 5.32 Å². The van der Waals surface area contributed by atoms with Crippen LogP contribution in [0.3, 0.4) is 0 Å². The molecule has 138 valence electrons. The molecule has 0 atom stereocenters. The first kappa shape index (κ1) is 17.5. The maximum Gasteiger partial charge on any atom is 0.254 e. The number of fused-ring (bicyclic) bond motifs is 1. The zero-order valence-corrected chi connectivity index (χ0v) is 15.7. The number of rotatable bonds is 3. The van der Waals surface area contributed by atoms with Crippen molar-refractivity contribution >= 4 is 28.3 Å². The van der Waals surface area contributed by atoms with Crippen LogP contribution in [0.1, 0.15) is 21.5 Å². The SMILES string of the molecule is Cc1ccc(Nc2cc(C(=O)N3CCOCC3)c3ccccc3n2)cc1C. The van der Waals surface area contributed by atoms with Crippen LogP contribution >= 0.6 is 0 Å². The van der Waals surface area contributed by atoms with E-state index < -0.39 is 0 Å². The predicted octanol–water partition coefficient (Wildman–Crippen LogP) is 4.07. The summed E-state index contributed by atoms with van der Waals surface area (Å²) in [5.41, 5.74) is 4.91. The highest BCUT2D eigenvalue weighted by Crippen LogP contribution is 2.25. The Morgan fingerprint density at radius 1 is 1.04 bits per heavy atom. The van der Waals surface area contributed by atoms with E-state index in [9.17, 15) is 4.79 Å². The second-order valence-electron chi connectivity index (χ2n) is 6.90. The molecule has 0 unspecified atom stereocenters. The van der Waals surface area contributed by atoms with Crippen LogP contribution in [-0.2, 0) is 4.74 Å². The normalized spacial score (nSPS) is 14.4. The fourth-order valence-electron chi connectivity index (χ4n) is 3.32. The number of anilines is 2. The summed E-state index contributed by atoms with van der Waals surface area (Å²) in [7, 11) is 0. The number of carbonyl (C=O) groups excluding carboxylic acids is 1. The summed E-state index contributed by atoms with van der Waals surface area (Å²) in [6.45, 7) is 6.59. The molecule has 1 N–H and O–H groups in total. The summed E-state index contributed by atoms with van der Waals surface area (Å²) in [6, 6.07) is 15.8. The van der Waals surface area contributed by atoms with E-state index in [-0.39, 0.29) is 5.91 Å². The van der Waals surface area contributed by atoms with Gasteiger partial charge in [-0.1, -0.05) is 24.3 Å². The lowest BCUT2D eigenvalue weighted by Gasteiger charge is -2.27. The van der Waals surface area contributed by atoms with Gasteiger partial charge in [-0.25, -0.2) is 4.98 Å². The number of nitrogens with zero attached hydrogens (tertiary/aromatic N) is 2. The van der Waals surface area contributed by atoms with Crippen molar-refractivity contribution in [2.75, 3.05) is 31.6 Å². The van der Waals surface area contributed by atoms with E-state index in [1.807, 2.05) is 41.3 Å². The van der Waals surface area contributed by atoms with E-state index in [1.165, 1.54) is 11.1 Å². The zero-order valence-electron chi connectivity index (χ0n) is 15.7. The fourth-order valence-corrected chi connectivity index (χ4v) is 3.32. The van der Waals surface area contributed by atoms with Crippen LogP contribution in [0.5, 0.6) is 0 Å². The second-order valence-corrected chi connectivity index (χ2v) is 6.90. The minimum absolute atomic E-state index is 0.0278. The lowest BCUT2D eigenvalue weighted by Crippen LogP contribution is -2.40. The third-order valence-electron chi connectivity index (χ3n) is 5.02. The highest BCUT2D eigenvalue weighted by atomic mass is 16.5. The summed E-state index contributed by atoms with van der Waals surface area (Å²) in [6.07, 6.45) is 0. The lowest BCUT2D eigenvalue weighted by molar-refractivity contribution is 0.0304. The van der Waals surface area contributed by atoms with Crippen molar-refractivity contribution < 1.29 is 9.53 Å². The first-order chi connectivity index (χ1) is 13.1. The Labute approximate surface area is 159 Å². The highest BCUT2D eigenvalue weighted by Gasteiger charge is 2.21. The molecule has 0 aliphatic carbocycles. The van der Waals surface area contributed by atoms with Crippen molar-refractivity contribution in [2.24, 2.45) is 0 Å². The number of aryl methyl sites for hydroxylation is 2. The van der Waals surface area contributed by atoms with Gasteiger partial charge in [0.25, 0.3) is 5.91 Å². The van der Waals surface area contributed by atoms with E-state index in [1.54, 1.807) is 0 Å². The molecule has 1 saturated heterocycles. The van der Waals surface area contributed by atoms with Crippen LogP contribution in [-0.4, -0.2) is 42.1 Å². The van der Waals surface area contributed by atoms with E-state index in [4.69, 9.17) is 9.72 Å². The van der Waals surface area contributed by atoms with Gasteiger partial charge in [-0.05, 0) is 49.2 Å². The summed E-state index contributed by atoms with van der Waals surface area (Å²) in [4.78, 5) is 19.7. The molecule has 3 aromatic rings. The fraction of sp³-hybridized carbons (Fsp3) is 0.273. The number of ether oxygens (including phenoxy) is 1. The van der Waals surface area contributed by atoms with Gasteiger partial charge in [0.15, 0.2) is 0 Å². The van der Waals surface area contributed by atoms with Gasteiger partial charge in [0.1, 0.15) is 5.82 Å². The molecule has 2 aromatic carbocycles. The molecule has 1 aliphatic rings. The number of aromatic nitrogens is 1. The Bertz CT molecular complexity index is 994. The van der Waals surface area contributed by atoms with Gasteiger partial charge in [0.05, 0.1) is 24.3 Å². The summed E-state index contributed by atoms with van der Waals surface area (Å²) in [5.74, 6) is 0.702. The van der Waals surface area contributed by atoms with E-state index in [0.717, 1.165) is 16.6 Å². The predicted molar refractivity (Wildman–Crippen MR) is 108 cm³/mol. The molecule has 0 bridgehead atoms. The number of benzene rings is 2. The number of hydrogen-bond acceptors (Lipinski definition) is 4. The van der Waals surface area contributed by atoms with Gasteiger partial charge in [-0.2, -0.15) is 0 Å². The van der Waals surface area contributed by atoms with Crippen LogP contribution in [0.4, 0.5) is 11.5 Å². The minimum atomic E-state index is 0.0278. The maximum atomic E-state index is 13.1. The van der Waals surface area contributed by atoms with Crippen molar-refractivity contribution in [3.05, 3.63) is 65.2 Å². The molecule has 0 radical (unpaired) electrons.